The van der Waals surface area contributed by atoms with Crippen LogP contribution in [0.5, 0.6) is 5.75 Å². The minimum Gasteiger partial charge on any atom is -0.497 e. The van der Waals surface area contributed by atoms with Gasteiger partial charge in [0.15, 0.2) is 0 Å². The summed E-state index contributed by atoms with van der Waals surface area (Å²) in [6.07, 6.45) is 0. The highest BCUT2D eigenvalue weighted by Gasteiger charge is 2.35. The molecule has 0 aliphatic carbocycles. The second-order valence-electron chi connectivity index (χ2n) is 8.02. The zero-order chi connectivity index (χ0) is 23.5. The molecule has 2 heterocycles. The summed E-state index contributed by atoms with van der Waals surface area (Å²) >= 11 is 0. The van der Waals surface area contributed by atoms with Crippen molar-refractivity contribution in [3.05, 3.63) is 108 Å². The molecular formula is C27H24N4O3. The number of amides is 2. The number of ether oxygens (including phenoxy) is 1. The predicted octanol–water partition coefficient (Wildman–Crippen LogP) is 5.44. The van der Waals surface area contributed by atoms with Crippen LogP contribution in [0.4, 0.5) is 4.79 Å². The number of benzene rings is 3. The quantitative estimate of drug-likeness (QED) is 0.421. The summed E-state index contributed by atoms with van der Waals surface area (Å²) in [5.74, 6) is 1.59. The lowest BCUT2D eigenvalue weighted by Crippen LogP contribution is -2.45. The van der Waals surface area contributed by atoms with Gasteiger partial charge >= 0.3 is 6.03 Å². The average Bonchev–Trinajstić information content (AvgIpc) is 3.37. The van der Waals surface area contributed by atoms with E-state index < -0.39 is 6.04 Å². The van der Waals surface area contributed by atoms with Gasteiger partial charge in [-0.25, -0.2) is 4.79 Å². The van der Waals surface area contributed by atoms with E-state index in [1.807, 2.05) is 91.9 Å². The number of rotatable bonds is 6. The van der Waals surface area contributed by atoms with Crippen LogP contribution < -0.4 is 10.1 Å². The summed E-state index contributed by atoms with van der Waals surface area (Å²) in [6, 6.07) is 26.6. The van der Waals surface area contributed by atoms with Crippen molar-refractivity contribution < 1.29 is 14.1 Å². The summed E-state index contributed by atoms with van der Waals surface area (Å²) in [6.45, 7) is 2.35. The van der Waals surface area contributed by atoms with Crippen LogP contribution in [0.15, 0.2) is 95.1 Å². The highest BCUT2D eigenvalue weighted by atomic mass is 16.5. The molecule has 1 N–H and O–H groups in total. The van der Waals surface area contributed by atoms with E-state index in [1.54, 1.807) is 12.0 Å². The molecule has 1 aliphatic heterocycles. The Morgan fingerprint density at radius 3 is 2.32 bits per heavy atom. The molecule has 0 saturated heterocycles. The van der Waals surface area contributed by atoms with Crippen molar-refractivity contribution >= 4 is 11.6 Å². The summed E-state index contributed by atoms with van der Waals surface area (Å²) in [5, 5.41) is 7.35. The van der Waals surface area contributed by atoms with Gasteiger partial charge in [-0.2, -0.15) is 4.98 Å². The average molecular weight is 453 g/mol. The number of hydrogen-bond acceptors (Lipinski definition) is 5. The van der Waals surface area contributed by atoms with Crippen molar-refractivity contribution in [1.29, 1.82) is 0 Å². The van der Waals surface area contributed by atoms with Crippen LogP contribution in [0, 0.1) is 0 Å². The summed E-state index contributed by atoms with van der Waals surface area (Å²) in [7, 11) is 1.62. The maximum Gasteiger partial charge on any atom is 0.322 e. The molecule has 4 aromatic rings. The standard InChI is InChI=1S/C27H24N4O3/c1-18-23(26-29-25(30-34-26)21-13-15-22(33-2)16-14-21)24(20-11-7-4-8-12-20)28-27(32)31(18)17-19-9-5-3-6-10-19/h3-16,24H,17H2,1-2H3,(H,28,32). The lowest BCUT2D eigenvalue weighted by atomic mass is 9.94. The van der Waals surface area contributed by atoms with Crippen molar-refractivity contribution in [2.24, 2.45) is 0 Å². The number of methoxy groups -OCH3 is 1. The van der Waals surface area contributed by atoms with E-state index in [2.05, 4.69) is 10.5 Å². The van der Waals surface area contributed by atoms with Crippen molar-refractivity contribution in [3.8, 4) is 17.1 Å². The van der Waals surface area contributed by atoms with Crippen molar-refractivity contribution in [2.45, 2.75) is 19.5 Å². The monoisotopic (exact) mass is 452 g/mol. The molecule has 1 unspecified atom stereocenters. The molecule has 2 amide bonds. The second-order valence-corrected chi connectivity index (χ2v) is 8.02. The molecule has 1 atom stereocenters. The topological polar surface area (TPSA) is 80.5 Å². The number of carbonyl (C=O) groups excluding carboxylic acids is 1. The van der Waals surface area contributed by atoms with E-state index in [9.17, 15) is 4.79 Å². The van der Waals surface area contributed by atoms with Crippen LogP contribution in [-0.4, -0.2) is 28.2 Å². The smallest absolute Gasteiger partial charge is 0.322 e. The predicted molar refractivity (Wildman–Crippen MR) is 129 cm³/mol. The van der Waals surface area contributed by atoms with Crippen LogP contribution >= 0.6 is 0 Å². The van der Waals surface area contributed by atoms with Crippen molar-refractivity contribution in [2.75, 3.05) is 7.11 Å². The van der Waals surface area contributed by atoms with E-state index in [-0.39, 0.29) is 6.03 Å². The molecule has 5 rings (SSSR count). The number of urea groups is 1. The molecule has 1 aliphatic rings. The first-order valence-electron chi connectivity index (χ1n) is 11.0. The fraction of sp³-hybridized carbons (Fsp3) is 0.148. The van der Waals surface area contributed by atoms with Crippen LogP contribution in [0.2, 0.25) is 0 Å². The molecule has 0 radical (unpaired) electrons. The maximum absolute atomic E-state index is 13.2. The van der Waals surface area contributed by atoms with Gasteiger partial charge in [0.1, 0.15) is 5.75 Å². The SMILES string of the molecule is COc1ccc(-c2noc(C3=C(C)N(Cc4ccccc4)C(=O)NC3c3ccccc3)n2)cc1. The number of nitrogens with one attached hydrogen (secondary N) is 1. The Kier molecular flexibility index (Phi) is 5.82. The first kappa shape index (κ1) is 21.5. The summed E-state index contributed by atoms with van der Waals surface area (Å²) in [5.41, 5.74) is 4.32. The molecule has 3 aromatic carbocycles. The van der Waals surface area contributed by atoms with Gasteiger partial charge in [-0.05, 0) is 42.3 Å². The highest BCUT2D eigenvalue weighted by Crippen LogP contribution is 2.37. The second kappa shape index (κ2) is 9.23. The van der Waals surface area contributed by atoms with Crippen LogP contribution in [0.1, 0.15) is 30.0 Å². The zero-order valence-corrected chi connectivity index (χ0v) is 18.9. The van der Waals surface area contributed by atoms with Gasteiger partial charge in [0, 0.05) is 11.3 Å². The lowest BCUT2D eigenvalue weighted by molar-refractivity contribution is 0.203. The number of carbonyl (C=O) groups is 1. The maximum atomic E-state index is 13.2. The normalized spacial score (nSPS) is 15.9. The Morgan fingerprint density at radius 1 is 0.971 bits per heavy atom. The molecule has 0 fully saturated rings. The molecule has 7 nitrogen and oxygen atoms in total. The number of hydrogen-bond donors (Lipinski definition) is 1. The van der Waals surface area contributed by atoms with E-state index in [0.29, 0.717) is 18.3 Å². The first-order chi connectivity index (χ1) is 16.6. The Hall–Kier alpha value is -4.39. The summed E-state index contributed by atoms with van der Waals surface area (Å²) < 4.78 is 11.0. The molecule has 0 saturated carbocycles. The third kappa shape index (κ3) is 4.15. The van der Waals surface area contributed by atoms with E-state index in [1.165, 1.54) is 0 Å². The fourth-order valence-corrected chi connectivity index (χ4v) is 4.10. The van der Waals surface area contributed by atoms with Crippen molar-refractivity contribution in [3.63, 3.8) is 0 Å². The third-order valence-electron chi connectivity index (χ3n) is 5.92. The summed E-state index contributed by atoms with van der Waals surface area (Å²) in [4.78, 5) is 19.6. The Balaban J connectivity index is 1.57. The molecule has 7 heteroatoms. The molecule has 0 spiro atoms. The number of aromatic nitrogens is 2. The fourth-order valence-electron chi connectivity index (χ4n) is 4.10. The molecular weight excluding hydrogens is 428 g/mol. The van der Waals surface area contributed by atoms with Gasteiger partial charge in [-0.3, -0.25) is 4.90 Å². The molecule has 1 aromatic heterocycles. The molecule has 34 heavy (non-hydrogen) atoms. The molecule has 0 bridgehead atoms. The van der Waals surface area contributed by atoms with Crippen LogP contribution in [0.25, 0.3) is 17.0 Å². The van der Waals surface area contributed by atoms with Gasteiger partial charge in [0.05, 0.1) is 25.3 Å². The zero-order valence-electron chi connectivity index (χ0n) is 18.9. The Bertz CT molecular complexity index is 1320. The van der Waals surface area contributed by atoms with Gasteiger partial charge in [0.25, 0.3) is 5.89 Å². The van der Waals surface area contributed by atoms with E-state index in [0.717, 1.165) is 33.7 Å². The number of allylic oxidation sites excluding steroid dienone is 1. The minimum atomic E-state index is -0.412. The largest absolute Gasteiger partial charge is 0.497 e. The molecule has 170 valence electrons. The van der Waals surface area contributed by atoms with Crippen LogP contribution in [-0.2, 0) is 6.54 Å². The van der Waals surface area contributed by atoms with Gasteiger partial charge in [-0.15, -0.1) is 0 Å². The van der Waals surface area contributed by atoms with E-state index in [4.69, 9.17) is 14.2 Å². The third-order valence-corrected chi connectivity index (χ3v) is 5.92. The highest BCUT2D eigenvalue weighted by molar-refractivity contribution is 5.86. The lowest BCUT2D eigenvalue weighted by Gasteiger charge is -2.35. The Morgan fingerprint density at radius 2 is 1.65 bits per heavy atom. The van der Waals surface area contributed by atoms with Crippen molar-refractivity contribution in [1.82, 2.24) is 20.4 Å². The van der Waals surface area contributed by atoms with E-state index >= 15 is 0 Å². The first-order valence-corrected chi connectivity index (χ1v) is 11.0. The van der Waals surface area contributed by atoms with Crippen LogP contribution in [0.3, 0.4) is 0 Å². The number of nitrogens with zero attached hydrogens (tertiary/aromatic N) is 3. The van der Waals surface area contributed by atoms with Gasteiger partial charge in [-0.1, -0.05) is 65.8 Å². The minimum absolute atomic E-state index is 0.172. The van der Waals surface area contributed by atoms with Gasteiger partial charge in [0.2, 0.25) is 5.82 Å². The van der Waals surface area contributed by atoms with Gasteiger partial charge < -0.3 is 14.6 Å². The Labute approximate surface area is 197 Å².